The fourth-order valence-corrected chi connectivity index (χ4v) is 5.02. The molecule has 1 amide bonds. The number of hydrogen-bond donors (Lipinski definition) is 1. The Morgan fingerprint density at radius 3 is 2.77 bits per heavy atom. The van der Waals surface area contributed by atoms with Crippen LogP contribution in [0.3, 0.4) is 0 Å². The summed E-state index contributed by atoms with van der Waals surface area (Å²) in [5, 5.41) is 1.01. The van der Waals surface area contributed by atoms with E-state index in [-0.39, 0.29) is 5.91 Å². The van der Waals surface area contributed by atoms with Crippen molar-refractivity contribution in [2.45, 2.75) is 45.1 Å². The third-order valence-corrected chi connectivity index (χ3v) is 6.84. The molecule has 1 aromatic carbocycles. The second-order valence-electron chi connectivity index (χ2n) is 8.74. The van der Waals surface area contributed by atoms with E-state index in [9.17, 15) is 4.79 Å². The van der Waals surface area contributed by atoms with E-state index in [0.29, 0.717) is 11.8 Å². The lowest BCUT2D eigenvalue weighted by Gasteiger charge is -2.33. The van der Waals surface area contributed by atoms with E-state index in [4.69, 9.17) is 9.72 Å². The van der Waals surface area contributed by atoms with E-state index < -0.39 is 0 Å². The predicted octanol–water partition coefficient (Wildman–Crippen LogP) is 4.12. The summed E-state index contributed by atoms with van der Waals surface area (Å²) in [4.78, 5) is 23.1. The van der Waals surface area contributed by atoms with Gasteiger partial charge in [0.2, 0.25) is 0 Å². The van der Waals surface area contributed by atoms with Crippen LogP contribution in [0.25, 0.3) is 10.9 Å². The van der Waals surface area contributed by atoms with E-state index in [1.54, 1.807) is 0 Å². The van der Waals surface area contributed by atoms with Gasteiger partial charge in [-0.05, 0) is 56.7 Å². The Morgan fingerprint density at radius 1 is 1.17 bits per heavy atom. The smallest absolute Gasteiger partial charge is 0.254 e. The largest absolute Gasteiger partial charge is 0.381 e. The molecule has 4 heterocycles. The highest BCUT2D eigenvalue weighted by atomic mass is 16.5. The predicted molar refractivity (Wildman–Crippen MR) is 117 cm³/mol. The first-order valence-corrected chi connectivity index (χ1v) is 11.2. The summed E-state index contributed by atoms with van der Waals surface area (Å²) in [5.41, 5.74) is 3.07. The van der Waals surface area contributed by atoms with E-state index in [1.165, 1.54) is 11.5 Å². The SMILES string of the molecule is Cc1cnc(C2CCOCC2)n1CC1CCN(C(=O)c2cccc3[nH]ccc23)CC1. The summed E-state index contributed by atoms with van der Waals surface area (Å²) in [5.74, 6) is 2.48. The number of piperidine rings is 1. The van der Waals surface area contributed by atoms with E-state index in [0.717, 1.165) is 75.0 Å². The van der Waals surface area contributed by atoms with Crippen LogP contribution in [0, 0.1) is 12.8 Å². The van der Waals surface area contributed by atoms with Gasteiger partial charge < -0.3 is 19.2 Å². The van der Waals surface area contributed by atoms with Gasteiger partial charge in [0.05, 0.1) is 0 Å². The maximum atomic E-state index is 13.1. The second kappa shape index (κ2) is 8.26. The normalized spacial score (nSPS) is 18.9. The van der Waals surface area contributed by atoms with Crippen molar-refractivity contribution in [1.29, 1.82) is 0 Å². The molecule has 0 saturated carbocycles. The number of benzene rings is 1. The molecule has 3 aromatic rings. The molecule has 0 unspecified atom stereocenters. The number of aryl methyl sites for hydroxylation is 1. The third kappa shape index (κ3) is 3.65. The number of hydrogen-bond acceptors (Lipinski definition) is 3. The number of imidazole rings is 1. The first-order valence-electron chi connectivity index (χ1n) is 11.2. The van der Waals surface area contributed by atoms with Crippen molar-refractivity contribution in [3.8, 4) is 0 Å². The van der Waals surface area contributed by atoms with E-state index >= 15 is 0 Å². The van der Waals surface area contributed by atoms with Gasteiger partial charge in [-0.3, -0.25) is 4.79 Å². The Bertz CT molecular complexity index is 1020. The van der Waals surface area contributed by atoms with Crippen molar-refractivity contribution in [1.82, 2.24) is 19.4 Å². The summed E-state index contributed by atoms with van der Waals surface area (Å²) in [6.07, 6.45) is 8.12. The molecule has 0 spiro atoms. The molecule has 2 fully saturated rings. The Labute approximate surface area is 177 Å². The quantitative estimate of drug-likeness (QED) is 0.709. The zero-order chi connectivity index (χ0) is 20.5. The van der Waals surface area contributed by atoms with Crippen LogP contribution < -0.4 is 0 Å². The minimum atomic E-state index is 0.153. The lowest BCUT2D eigenvalue weighted by Crippen LogP contribution is -2.39. The second-order valence-corrected chi connectivity index (χ2v) is 8.74. The van der Waals surface area contributed by atoms with Gasteiger partial charge >= 0.3 is 0 Å². The van der Waals surface area contributed by atoms with Crippen molar-refractivity contribution < 1.29 is 9.53 Å². The first-order chi connectivity index (χ1) is 14.7. The number of aromatic nitrogens is 3. The average Bonchev–Trinajstić information content (AvgIpc) is 3.41. The van der Waals surface area contributed by atoms with Gasteiger partial charge in [-0.2, -0.15) is 0 Å². The molecule has 1 N–H and O–H groups in total. The van der Waals surface area contributed by atoms with Gasteiger partial charge in [-0.25, -0.2) is 4.98 Å². The fourth-order valence-electron chi connectivity index (χ4n) is 5.02. The molecule has 2 aliphatic heterocycles. The standard InChI is InChI=1S/C24H30N4O2/c1-17-15-26-23(19-8-13-30-14-9-19)28(17)16-18-6-11-27(12-7-18)24(29)21-3-2-4-22-20(21)5-10-25-22/h2-5,10,15,18-19,25H,6-9,11-14,16H2,1H3. The number of amides is 1. The molecule has 6 nitrogen and oxygen atoms in total. The highest BCUT2D eigenvalue weighted by Crippen LogP contribution is 2.29. The van der Waals surface area contributed by atoms with E-state index in [2.05, 4.69) is 16.5 Å². The van der Waals surface area contributed by atoms with Gasteiger partial charge in [0, 0.05) is 73.3 Å². The molecule has 5 rings (SSSR count). The van der Waals surface area contributed by atoms with Crippen molar-refractivity contribution in [3.63, 3.8) is 0 Å². The van der Waals surface area contributed by atoms with Crippen LogP contribution >= 0.6 is 0 Å². The minimum absolute atomic E-state index is 0.153. The van der Waals surface area contributed by atoms with Gasteiger partial charge in [0.15, 0.2) is 0 Å². The summed E-state index contributed by atoms with van der Waals surface area (Å²) in [7, 11) is 0. The topological polar surface area (TPSA) is 63.1 Å². The van der Waals surface area contributed by atoms with Crippen LogP contribution in [0.15, 0.2) is 36.7 Å². The fraction of sp³-hybridized carbons (Fsp3) is 0.500. The van der Waals surface area contributed by atoms with Crippen LogP contribution in [0.5, 0.6) is 0 Å². The number of nitrogens with one attached hydrogen (secondary N) is 1. The zero-order valence-electron chi connectivity index (χ0n) is 17.6. The number of nitrogens with zero attached hydrogens (tertiary/aromatic N) is 3. The Hall–Kier alpha value is -2.60. The number of carbonyl (C=O) groups is 1. The highest BCUT2D eigenvalue weighted by molar-refractivity contribution is 6.06. The lowest BCUT2D eigenvalue weighted by molar-refractivity contribution is 0.0681. The maximum absolute atomic E-state index is 13.1. The minimum Gasteiger partial charge on any atom is -0.381 e. The van der Waals surface area contributed by atoms with Crippen LogP contribution in [0.1, 0.15) is 53.5 Å². The van der Waals surface area contributed by atoms with Gasteiger partial charge in [-0.15, -0.1) is 0 Å². The molecule has 2 aromatic heterocycles. The highest BCUT2D eigenvalue weighted by Gasteiger charge is 2.27. The maximum Gasteiger partial charge on any atom is 0.254 e. The number of aromatic amines is 1. The van der Waals surface area contributed by atoms with Crippen LogP contribution in [0.4, 0.5) is 0 Å². The first kappa shape index (κ1) is 19.4. The third-order valence-electron chi connectivity index (χ3n) is 6.84. The molecular weight excluding hydrogens is 376 g/mol. The summed E-state index contributed by atoms with van der Waals surface area (Å²) in [6, 6.07) is 7.91. The Morgan fingerprint density at radius 2 is 1.97 bits per heavy atom. The van der Waals surface area contributed by atoms with Crippen LogP contribution in [-0.2, 0) is 11.3 Å². The monoisotopic (exact) mass is 406 g/mol. The molecule has 0 aliphatic carbocycles. The Kier molecular flexibility index (Phi) is 5.34. The molecule has 6 heteroatoms. The number of carbonyl (C=O) groups excluding carboxylic acids is 1. The summed E-state index contributed by atoms with van der Waals surface area (Å²) in [6.45, 7) is 6.49. The van der Waals surface area contributed by atoms with Crippen LogP contribution in [0.2, 0.25) is 0 Å². The van der Waals surface area contributed by atoms with Gasteiger partial charge in [0.25, 0.3) is 5.91 Å². The van der Waals surface area contributed by atoms with Crippen molar-refractivity contribution in [2.75, 3.05) is 26.3 Å². The van der Waals surface area contributed by atoms with Gasteiger partial charge in [0.1, 0.15) is 5.82 Å². The number of H-pyrrole nitrogens is 1. The Balaban J connectivity index is 1.24. The number of ether oxygens (including phenoxy) is 1. The van der Waals surface area contributed by atoms with Crippen molar-refractivity contribution in [3.05, 3.63) is 53.7 Å². The average molecular weight is 407 g/mol. The zero-order valence-corrected chi connectivity index (χ0v) is 17.6. The molecule has 0 radical (unpaired) electrons. The number of rotatable bonds is 4. The molecule has 2 aliphatic rings. The number of likely N-dealkylation sites (tertiary alicyclic amines) is 1. The molecular formula is C24H30N4O2. The van der Waals surface area contributed by atoms with E-state index in [1.807, 2.05) is 41.6 Å². The number of fused-ring (bicyclic) bond motifs is 1. The van der Waals surface area contributed by atoms with Gasteiger partial charge in [-0.1, -0.05) is 6.07 Å². The lowest BCUT2D eigenvalue weighted by atomic mass is 9.94. The molecule has 2 saturated heterocycles. The summed E-state index contributed by atoms with van der Waals surface area (Å²) >= 11 is 0. The molecule has 0 bridgehead atoms. The van der Waals surface area contributed by atoms with Crippen LogP contribution in [-0.4, -0.2) is 51.6 Å². The molecule has 158 valence electrons. The molecule has 30 heavy (non-hydrogen) atoms. The van der Waals surface area contributed by atoms with Crippen molar-refractivity contribution in [2.24, 2.45) is 5.92 Å². The molecule has 0 atom stereocenters. The van der Waals surface area contributed by atoms with Crippen molar-refractivity contribution >= 4 is 16.8 Å². The summed E-state index contributed by atoms with van der Waals surface area (Å²) < 4.78 is 7.96.